The molecule has 0 bridgehead atoms. The lowest BCUT2D eigenvalue weighted by Crippen LogP contribution is -1.99. The van der Waals surface area contributed by atoms with Crippen LogP contribution in [0.25, 0.3) is 0 Å². The van der Waals surface area contributed by atoms with Crippen LogP contribution in [-0.2, 0) is 0 Å². The zero-order chi connectivity index (χ0) is 13.3. The molecule has 0 heterocycles. The topological polar surface area (TPSA) is 38.0 Å². The Morgan fingerprint density at radius 1 is 1.06 bits per heavy atom. The Labute approximate surface area is 116 Å². The Bertz CT molecular complexity index is 605. The van der Waals surface area contributed by atoms with Crippen molar-refractivity contribution in [1.29, 1.82) is 0 Å². The summed E-state index contributed by atoms with van der Waals surface area (Å²) in [4.78, 5) is 0. The molecule has 18 heavy (non-hydrogen) atoms. The van der Waals surface area contributed by atoms with Crippen LogP contribution in [0.15, 0.2) is 34.8 Å². The molecule has 6 heteroatoms. The van der Waals surface area contributed by atoms with Gasteiger partial charge in [0.1, 0.15) is 11.6 Å². The smallest absolute Gasteiger partial charge is 0.147 e. The first-order chi connectivity index (χ1) is 8.47. The third-order valence-electron chi connectivity index (χ3n) is 2.29. The fraction of sp³-hybridized carbons (Fsp3) is 0. The number of rotatable bonds is 2. The zero-order valence-corrected chi connectivity index (χ0v) is 11.3. The largest absolute Gasteiger partial charge is 0.397 e. The first-order valence-electron chi connectivity index (χ1n) is 4.94. The average molecular weight is 334 g/mol. The van der Waals surface area contributed by atoms with Gasteiger partial charge in [-0.3, -0.25) is 0 Å². The number of hydrogen-bond acceptors (Lipinski definition) is 2. The maximum Gasteiger partial charge on any atom is 0.147 e. The van der Waals surface area contributed by atoms with Crippen LogP contribution in [0, 0.1) is 11.6 Å². The highest BCUT2D eigenvalue weighted by Crippen LogP contribution is 2.29. The van der Waals surface area contributed by atoms with Gasteiger partial charge in [0, 0.05) is 11.1 Å². The highest BCUT2D eigenvalue weighted by Gasteiger charge is 2.09. The molecule has 0 spiro atoms. The van der Waals surface area contributed by atoms with Gasteiger partial charge in [0.25, 0.3) is 0 Å². The standard InChI is InChI=1S/C12H8BrClF2N2/c13-7-4-9(16)12(5-8(7)15)18-11-2-1-6(14)3-10(11)17/h1-5,18H,17H2. The number of halogens is 4. The normalized spacial score (nSPS) is 10.4. The Kier molecular flexibility index (Phi) is 3.73. The van der Waals surface area contributed by atoms with Crippen molar-refractivity contribution in [3.8, 4) is 0 Å². The van der Waals surface area contributed by atoms with Crippen molar-refractivity contribution in [2.75, 3.05) is 11.1 Å². The van der Waals surface area contributed by atoms with Gasteiger partial charge in [-0.05, 0) is 40.2 Å². The van der Waals surface area contributed by atoms with E-state index in [4.69, 9.17) is 17.3 Å². The fourth-order valence-electron chi connectivity index (χ4n) is 1.41. The van der Waals surface area contributed by atoms with E-state index in [9.17, 15) is 8.78 Å². The van der Waals surface area contributed by atoms with E-state index in [1.54, 1.807) is 12.1 Å². The quantitative estimate of drug-likeness (QED) is 0.617. The van der Waals surface area contributed by atoms with Crippen LogP contribution in [0.4, 0.5) is 25.8 Å². The van der Waals surface area contributed by atoms with Gasteiger partial charge in [0.2, 0.25) is 0 Å². The van der Waals surface area contributed by atoms with Crippen molar-refractivity contribution < 1.29 is 8.78 Å². The minimum Gasteiger partial charge on any atom is -0.397 e. The minimum atomic E-state index is -0.586. The molecule has 2 aromatic rings. The molecule has 3 N–H and O–H groups in total. The molecule has 2 aromatic carbocycles. The average Bonchev–Trinajstić information content (AvgIpc) is 2.29. The molecule has 0 saturated carbocycles. The molecule has 0 saturated heterocycles. The van der Waals surface area contributed by atoms with Gasteiger partial charge in [-0.15, -0.1) is 0 Å². The van der Waals surface area contributed by atoms with Crippen LogP contribution in [0.5, 0.6) is 0 Å². The molecule has 0 unspecified atom stereocenters. The number of nitrogen functional groups attached to an aromatic ring is 1. The molecule has 2 rings (SSSR count). The van der Waals surface area contributed by atoms with E-state index in [-0.39, 0.29) is 10.2 Å². The lowest BCUT2D eigenvalue weighted by Gasteiger charge is -2.11. The first kappa shape index (κ1) is 13.1. The van der Waals surface area contributed by atoms with Crippen LogP contribution in [-0.4, -0.2) is 0 Å². The van der Waals surface area contributed by atoms with E-state index >= 15 is 0 Å². The Balaban J connectivity index is 2.37. The van der Waals surface area contributed by atoms with E-state index in [1.807, 2.05) is 0 Å². The lowest BCUT2D eigenvalue weighted by atomic mass is 10.2. The molecule has 0 atom stereocenters. The summed E-state index contributed by atoms with van der Waals surface area (Å²) in [6.45, 7) is 0. The summed E-state index contributed by atoms with van der Waals surface area (Å²) in [5.74, 6) is -1.15. The molecule has 0 aliphatic carbocycles. The summed E-state index contributed by atoms with van der Waals surface area (Å²) < 4.78 is 27.0. The highest BCUT2D eigenvalue weighted by molar-refractivity contribution is 9.10. The zero-order valence-electron chi connectivity index (χ0n) is 8.98. The van der Waals surface area contributed by atoms with Crippen molar-refractivity contribution in [2.24, 2.45) is 0 Å². The van der Waals surface area contributed by atoms with E-state index in [2.05, 4.69) is 21.2 Å². The number of anilines is 3. The summed E-state index contributed by atoms with van der Waals surface area (Å²) in [6.07, 6.45) is 0. The second-order valence-corrected chi connectivity index (χ2v) is 4.89. The first-order valence-corrected chi connectivity index (χ1v) is 6.11. The van der Waals surface area contributed by atoms with Crippen LogP contribution in [0.2, 0.25) is 5.02 Å². The lowest BCUT2D eigenvalue weighted by molar-refractivity contribution is 0.598. The van der Waals surface area contributed by atoms with Gasteiger partial charge >= 0.3 is 0 Å². The number of hydrogen-bond donors (Lipinski definition) is 2. The summed E-state index contributed by atoms with van der Waals surface area (Å²) in [5, 5.41) is 3.19. The molecular formula is C12H8BrClF2N2. The fourth-order valence-corrected chi connectivity index (χ4v) is 1.91. The Morgan fingerprint density at radius 2 is 1.78 bits per heavy atom. The van der Waals surface area contributed by atoms with Crippen LogP contribution < -0.4 is 11.1 Å². The van der Waals surface area contributed by atoms with Gasteiger partial charge in [0.15, 0.2) is 0 Å². The number of nitrogens with two attached hydrogens (primary N) is 1. The molecule has 0 aromatic heterocycles. The van der Waals surface area contributed by atoms with Crippen molar-refractivity contribution in [2.45, 2.75) is 0 Å². The van der Waals surface area contributed by atoms with Gasteiger partial charge in [-0.2, -0.15) is 0 Å². The maximum absolute atomic E-state index is 13.6. The van der Waals surface area contributed by atoms with Crippen molar-refractivity contribution in [1.82, 2.24) is 0 Å². The van der Waals surface area contributed by atoms with Crippen molar-refractivity contribution >= 4 is 44.6 Å². The molecule has 0 radical (unpaired) electrons. The van der Waals surface area contributed by atoms with Crippen molar-refractivity contribution in [3.05, 3.63) is 51.5 Å². The van der Waals surface area contributed by atoms with Gasteiger partial charge < -0.3 is 11.1 Å². The second-order valence-electron chi connectivity index (χ2n) is 3.60. The van der Waals surface area contributed by atoms with E-state index in [0.29, 0.717) is 16.4 Å². The van der Waals surface area contributed by atoms with E-state index < -0.39 is 11.6 Å². The molecular weight excluding hydrogens is 325 g/mol. The monoisotopic (exact) mass is 332 g/mol. The maximum atomic E-state index is 13.6. The highest BCUT2D eigenvalue weighted by atomic mass is 79.9. The number of benzene rings is 2. The van der Waals surface area contributed by atoms with Crippen LogP contribution in [0.1, 0.15) is 0 Å². The van der Waals surface area contributed by atoms with E-state index in [0.717, 1.165) is 12.1 Å². The van der Waals surface area contributed by atoms with Crippen LogP contribution >= 0.6 is 27.5 Å². The SMILES string of the molecule is Nc1cc(Cl)ccc1Nc1cc(F)c(Br)cc1F. The molecule has 0 amide bonds. The van der Waals surface area contributed by atoms with Crippen molar-refractivity contribution in [3.63, 3.8) is 0 Å². The second kappa shape index (κ2) is 5.12. The summed E-state index contributed by atoms with van der Waals surface area (Å²) in [7, 11) is 0. The minimum absolute atomic E-state index is 0.00437. The molecule has 0 fully saturated rings. The summed E-state index contributed by atoms with van der Waals surface area (Å²) in [6, 6.07) is 6.82. The van der Waals surface area contributed by atoms with E-state index in [1.165, 1.54) is 6.07 Å². The van der Waals surface area contributed by atoms with Gasteiger partial charge in [-0.25, -0.2) is 8.78 Å². The third kappa shape index (κ3) is 2.73. The number of nitrogens with one attached hydrogen (secondary N) is 1. The molecule has 0 aliphatic rings. The predicted octanol–water partition coefficient (Wildman–Crippen LogP) is 4.71. The molecule has 2 nitrogen and oxygen atoms in total. The van der Waals surface area contributed by atoms with Gasteiger partial charge in [-0.1, -0.05) is 11.6 Å². The third-order valence-corrected chi connectivity index (χ3v) is 3.14. The van der Waals surface area contributed by atoms with Gasteiger partial charge in [0.05, 0.1) is 21.5 Å². The predicted molar refractivity (Wildman–Crippen MR) is 73.2 cm³/mol. The summed E-state index contributed by atoms with van der Waals surface area (Å²) in [5.41, 5.74) is 6.53. The molecule has 94 valence electrons. The van der Waals surface area contributed by atoms with Crippen LogP contribution in [0.3, 0.4) is 0 Å². The Morgan fingerprint density at radius 3 is 2.44 bits per heavy atom. The molecule has 0 aliphatic heterocycles. The summed E-state index contributed by atoms with van der Waals surface area (Å²) >= 11 is 8.65. The Hall–Kier alpha value is -1.33.